The van der Waals surface area contributed by atoms with E-state index in [-0.39, 0.29) is 7.12 Å². The van der Waals surface area contributed by atoms with Gasteiger partial charge in [0, 0.05) is 0 Å². The van der Waals surface area contributed by atoms with Gasteiger partial charge in [-0.2, -0.15) is 0 Å². The summed E-state index contributed by atoms with van der Waals surface area (Å²) in [4.78, 5) is 0. The Balaban J connectivity index is 1.42. The normalized spacial score (nSPS) is 13.1. The van der Waals surface area contributed by atoms with Crippen molar-refractivity contribution in [1.29, 1.82) is 0 Å². The highest BCUT2D eigenvalue weighted by molar-refractivity contribution is 6.53. The molecule has 3 rings (SSSR count). The molecular formula is C16H15BO3. The number of hydrogen-bond donors (Lipinski definition) is 0. The van der Waals surface area contributed by atoms with Gasteiger partial charge in [0.15, 0.2) is 0 Å². The van der Waals surface area contributed by atoms with Crippen LogP contribution in [0.3, 0.4) is 0 Å². The Morgan fingerprint density at radius 2 is 1.55 bits per heavy atom. The highest BCUT2D eigenvalue weighted by Gasteiger charge is 2.28. The van der Waals surface area contributed by atoms with Crippen LogP contribution >= 0.6 is 0 Å². The second-order valence-electron chi connectivity index (χ2n) is 4.48. The zero-order valence-corrected chi connectivity index (χ0v) is 11.1. The third-order valence-corrected chi connectivity index (χ3v) is 2.95. The summed E-state index contributed by atoms with van der Waals surface area (Å²) in [6.07, 6.45) is 1.92. The summed E-state index contributed by atoms with van der Waals surface area (Å²) >= 11 is 0. The lowest BCUT2D eigenvalue weighted by Crippen LogP contribution is -2.21. The third-order valence-electron chi connectivity index (χ3n) is 2.95. The summed E-state index contributed by atoms with van der Waals surface area (Å²) in [5.74, 6) is 3.44. The van der Waals surface area contributed by atoms with Crippen LogP contribution in [-0.4, -0.2) is 13.7 Å². The quantitative estimate of drug-likeness (QED) is 0.614. The molecule has 0 bridgehead atoms. The molecule has 0 N–H and O–H groups in total. The van der Waals surface area contributed by atoms with Crippen LogP contribution in [0.15, 0.2) is 66.6 Å². The van der Waals surface area contributed by atoms with Gasteiger partial charge >= 0.3 is 7.12 Å². The lowest BCUT2D eigenvalue weighted by molar-refractivity contribution is 0.148. The SMILES string of the molecule is C(=C\B1Oc2ccccc2O1)/COCc1ccccc1. The molecule has 100 valence electrons. The Hall–Kier alpha value is -2.20. The van der Waals surface area contributed by atoms with Crippen LogP contribution < -0.4 is 9.31 Å². The Bertz CT molecular complexity index is 558. The largest absolute Gasteiger partial charge is 0.624 e. The average molecular weight is 266 g/mol. The van der Waals surface area contributed by atoms with E-state index >= 15 is 0 Å². The van der Waals surface area contributed by atoms with Gasteiger partial charge in [0.25, 0.3) is 0 Å². The predicted octanol–water partition coefficient (Wildman–Crippen LogP) is 3.26. The van der Waals surface area contributed by atoms with Gasteiger partial charge < -0.3 is 14.0 Å². The molecule has 0 fully saturated rings. The van der Waals surface area contributed by atoms with Gasteiger partial charge in [-0.3, -0.25) is 0 Å². The van der Waals surface area contributed by atoms with Gasteiger partial charge in [-0.05, 0) is 23.7 Å². The van der Waals surface area contributed by atoms with E-state index in [2.05, 4.69) is 0 Å². The molecule has 0 radical (unpaired) electrons. The van der Waals surface area contributed by atoms with Crippen LogP contribution in [0.1, 0.15) is 5.56 Å². The summed E-state index contributed by atoms with van der Waals surface area (Å²) in [6.45, 7) is 1.15. The Morgan fingerprint density at radius 1 is 0.900 bits per heavy atom. The molecule has 0 saturated heterocycles. The molecule has 2 aromatic rings. The van der Waals surface area contributed by atoms with Crippen LogP contribution in [0.2, 0.25) is 0 Å². The second-order valence-corrected chi connectivity index (χ2v) is 4.48. The zero-order chi connectivity index (χ0) is 13.6. The molecule has 20 heavy (non-hydrogen) atoms. The first-order valence-corrected chi connectivity index (χ1v) is 6.62. The number of para-hydroxylation sites is 2. The van der Waals surface area contributed by atoms with E-state index < -0.39 is 0 Å². The monoisotopic (exact) mass is 266 g/mol. The van der Waals surface area contributed by atoms with Gasteiger partial charge in [-0.15, -0.1) is 0 Å². The molecule has 0 aliphatic carbocycles. The summed E-state index contributed by atoms with van der Waals surface area (Å²) in [5, 5.41) is 0. The van der Waals surface area contributed by atoms with Crippen LogP contribution in [0.5, 0.6) is 11.5 Å². The molecule has 0 spiro atoms. The summed E-state index contributed by atoms with van der Waals surface area (Å²) < 4.78 is 16.8. The first-order valence-electron chi connectivity index (χ1n) is 6.62. The number of rotatable bonds is 5. The van der Waals surface area contributed by atoms with Crippen molar-refractivity contribution < 1.29 is 14.0 Å². The van der Waals surface area contributed by atoms with E-state index in [0.717, 1.165) is 11.5 Å². The molecule has 3 nitrogen and oxygen atoms in total. The van der Waals surface area contributed by atoms with E-state index in [9.17, 15) is 0 Å². The summed E-state index contributed by atoms with van der Waals surface area (Å²) in [5.41, 5.74) is 1.17. The molecule has 4 heteroatoms. The van der Waals surface area contributed by atoms with Crippen molar-refractivity contribution in [3.63, 3.8) is 0 Å². The minimum absolute atomic E-state index is 0.354. The second kappa shape index (κ2) is 6.30. The standard InChI is InChI=1S/C16H15BO3/c1-2-7-14(8-3-1)13-18-12-6-11-17-19-15-9-4-5-10-16(15)20-17/h1-11H,12-13H2/b11-6+. The Morgan fingerprint density at radius 3 is 2.25 bits per heavy atom. The van der Waals surface area contributed by atoms with Crippen molar-refractivity contribution in [2.75, 3.05) is 6.61 Å². The van der Waals surface area contributed by atoms with Crippen molar-refractivity contribution in [3.8, 4) is 11.5 Å². The van der Waals surface area contributed by atoms with E-state index in [4.69, 9.17) is 14.0 Å². The number of benzene rings is 2. The average Bonchev–Trinajstić information content (AvgIpc) is 2.90. The molecule has 1 aliphatic heterocycles. The van der Waals surface area contributed by atoms with Crippen LogP contribution in [-0.2, 0) is 11.3 Å². The van der Waals surface area contributed by atoms with Gasteiger partial charge in [0.1, 0.15) is 11.5 Å². The first kappa shape index (κ1) is 12.8. The van der Waals surface area contributed by atoms with Crippen molar-refractivity contribution in [3.05, 3.63) is 72.2 Å². The highest BCUT2D eigenvalue weighted by atomic mass is 16.6. The Labute approximate surface area is 118 Å². The maximum absolute atomic E-state index is 5.61. The van der Waals surface area contributed by atoms with Crippen molar-refractivity contribution in [2.45, 2.75) is 6.61 Å². The van der Waals surface area contributed by atoms with Gasteiger partial charge in [0.05, 0.1) is 13.2 Å². The fraction of sp³-hybridized carbons (Fsp3) is 0.125. The van der Waals surface area contributed by atoms with Gasteiger partial charge in [0.2, 0.25) is 0 Å². The number of fused-ring (bicyclic) bond motifs is 1. The fourth-order valence-electron chi connectivity index (χ4n) is 1.98. The highest BCUT2D eigenvalue weighted by Crippen LogP contribution is 2.32. The predicted molar refractivity (Wildman–Crippen MR) is 78.7 cm³/mol. The topological polar surface area (TPSA) is 27.7 Å². The summed E-state index contributed by atoms with van der Waals surface area (Å²) in [6, 6.07) is 17.7. The van der Waals surface area contributed by atoms with Crippen molar-refractivity contribution >= 4 is 7.12 Å². The lowest BCUT2D eigenvalue weighted by Gasteiger charge is -2.01. The van der Waals surface area contributed by atoms with Gasteiger partial charge in [-0.25, -0.2) is 0 Å². The summed E-state index contributed by atoms with van der Waals surface area (Å²) in [7, 11) is -0.354. The molecule has 1 heterocycles. The van der Waals surface area contributed by atoms with Crippen molar-refractivity contribution in [1.82, 2.24) is 0 Å². The molecule has 2 aromatic carbocycles. The van der Waals surface area contributed by atoms with Crippen LogP contribution in [0.25, 0.3) is 0 Å². The maximum atomic E-state index is 5.61. The van der Waals surface area contributed by atoms with E-state index in [1.165, 1.54) is 5.56 Å². The van der Waals surface area contributed by atoms with Crippen LogP contribution in [0, 0.1) is 0 Å². The van der Waals surface area contributed by atoms with E-state index in [1.54, 1.807) is 0 Å². The van der Waals surface area contributed by atoms with E-state index in [0.29, 0.717) is 13.2 Å². The minimum atomic E-state index is -0.354. The smallest absolute Gasteiger partial charge is 0.520 e. The first-order chi connectivity index (χ1) is 9.92. The van der Waals surface area contributed by atoms with Gasteiger partial charge in [-0.1, -0.05) is 48.5 Å². The van der Waals surface area contributed by atoms with Crippen molar-refractivity contribution in [2.24, 2.45) is 0 Å². The minimum Gasteiger partial charge on any atom is -0.520 e. The zero-order valence-electron chi connectivity index (χ0n) is 11.1. The molecular weight excluding hydrogens is 251 g/mol. The lowest BCUT2D eigenvalue weighted by atomic mass is 9.90. The molecule has 0 saturated carbocycles. The Kier molecular flexibility index (Phi) is 4.04. The maximum Gasteiger partial charge on any atom is 0.624 e. The molecule has 0 amide bonds. The molecule has 1 aliphatic rings. The molecule has 0 atom stereocenters. The molecule has 0 unspecified atom stereocenters. The van der Waals surface area contributed by atoms with E-state index in [1.807, 2.05) is 66.6 Å². The third kappa shape index (κ3) is 3.22. The fourth-order valence-corrected chi connectivity index (χ4v) is 1.98. The van der Waals surface area contributed by atoms with Crippen LogP contribution in [0.4, 0.5) is 0 Å². The number of ether oxygens (including phenoxy) is 1. The number of hydrogen-bond acceptors (Lipinski definition) is 3. The molecule has 0 aromatic heterocycles.